The molecule has 0 aliphatic heterocycles. The summed E-state index contributed by atoms with van der Waals surface area (Å²) in [5.74, 6) is -0.648. The second kappa shape index (κ2) is 3.51. The molecule has 66 valence electrons. The van der Waals surface area contributed by atoms with Crippen molar-refractivity contribution in [2.45, 2.75) is 6.10 Å². The summed E-state index contributed by atoms with van der Waals surface area (Å²) in [5, 5.41) is 18.1. The van der Waals surface area contributed by atoms with Gasteiger partial charge in [0.15, 0.2) is 0 Å². The average molecular weight is 171 g/mol. The number of aliphatic hydroxyl groups is 1. The fourth-order valence-corrected chi connectivity index (χ4v) is 0.913. The van der Waals surface area contributed by atoms with Crippen LogP contribution in [-0.4, -0.2) is 16.8 Å². The molecule has 0 aliphatic rings. The standard InChI is InChI=1S/C8H10FNO2/c9-7-2-1-5(11)3-6(7)8(12)4-10/h1-3,8,11-12H,4,10H2. The third kappa shape index (κ3) is 1.72. The second-order valence-corrected chi connectivity index (χ2v) is 2.46. The molecule has 0 aromatic heterocycles. The number of hydrogen-bond acceptors (Lipinski definition) is 3. The highest BCUT2D eigenvalue weighted by Gasteiger charge is 2.11. The van der Waals surface area contributed by atoms with Crippen LogP contribution in [-0.2, 0) is 0 Å². The Morgan fingerprint density at radius 1 is 1.50 bits per heavy atom. The number of hydrogen-bond donors (Lipinski definition) is 3. The van der Waals surface area contributed by atoms with Crippen LogP contribution < -0.4 is 5.73 Å². The Morgan fingerprint density at radius 3 is 2.75 bits per heavy atom. The highest BCUT2D eigenvalue weighted by atomic mass is 19.1. The first-order valence-electron chi connectivity index (χ1n) is 3.51. The molecule has 4 N–H and O–H groups in total. The summed E-state index contributed by atoms with van der Waals surface area (Å²) in [6.45, 7) is -0.0691. The predicted octanol–water partition coefficient (Wildman–Crippen LogP) is 0.523. The molecule has 0 bridgehead atoms. The lowest BCUT2D eigenvalue weighted by atomic mass is 10.1. The summed E-state index contributed by atoms with van der Waals surface area (Å²) in [4.78, 5) is 0. The molecule has 1 aromatic carbocycles. The van der Waals surface area contributed by atoms with Crippen molar-refractivity contribution >= 4 is 0 Å². The number of aromatic hydroxyl groups is 1. The molecule has 0 spiro atoms. The van der Waals surface area contributed by atoms with Gasteiger partial charge in [0.05, 0.1) is 6.10 Å². The number of phenolic OH excluding ortho intramolecular Hbond substituents is 1. The van der Waals surface area contributed by atoms with Crippen molar-refractivity contribution in [1.82, 2.24) is 0 Å². The minimum absolute atomic E-state index is 0.0255. The Morgan fingerprint density at radius 2 is 2.17 bits per heavy atom. The van der Waals surface area contributed by atoms with Crippen LogP contribution in [0.3, 0.4) is 0 Å². The van der Waals surface area contributed by atoms with Gasteiger partial charge in [-0.15, -0.1) is 0 Å². The van der Waals surface area contributed by atoms with Crippen molar-refractivity contribution in [2.24, 2.45) is 5.73 Å². The number of nitrogens with two attached hydrogens (primary N) is 1. The molecule has 4 heteroatoms. The fraction of sp³-hybridized carbons (Fsp3) is 0.250. The van der Waals surface area contributed by atoms with Gasteiger partial charge in [0.25, 0.3) is 0 Å². The molecule has 0 amide bonds. The van der Waals surface area contributed by atoms with Crippen LogP contribution in [0.1, 0.15) is 11.7 Å². The first kappa shape index (κ1) is 8.96. The maximum Gasteiger partial charge on any atom is 0.129 e. The fourth-order valence-electron chi connectivity index (χ4n) is 0.913. The van der Waals surface area contributed by atoms with Crippen LogP contribution in [0.2, 0.25) is 0 Å². The summed E-state index contributed by atoms with van der Waals surface area (Å²) in [5.41, 5.74) is 5.15. The SMILES string of the molecule is NCC(O)c1cc(O)ccc1F. The maximum absolute atomic E-state index is 12.9. The number of halogens is 1. The van der Waals surface area contributed by atoms with Crippen molar-refractivity contribution < 1.29 is 14.6 Å². The first-order valence-corrected chi connectivity index (χ1v) is 3.51. The van der Waals surface area contributed by atoms with E-state index < -0.39 is 11.9 Å². The van der Waals surface area contributed by atoms with Gasteiger partial charge in [-0.05, 0) is 18.2 Å². The smallest absolute Gasteiger partial charge is 0.129 e. The lowest BCUT2D eigenvalue weighted by molar-refractivity contribution is 0.181. The Kier molecular flexibility index (Phi) is 2.62. The Labute approximate surface area is 69.3 Å². The van der Waals surface area contributed by atoms with Gasteiger partial charge in [-0.2, -0.15) is 0 Å². The lowest BCUT2D eigenvalue weighted by Gasteiger charge is -2.08. The van der Waals surface area contributed by atoms with E-state index in [9.17, 15) is 4.39 Å². The van der Waals surface area contributed by atoms with Gasteiger partial charge in [-0.3, -0.25) is 0 Å². The van der Waals surface area contributed by atoms with Gasteiger partial charge in [-0.25, -0.2) is 4.39 Å². The zero-order valence-corrected chi connectivity index (χ0v) is 6.37. The van der Waals surface area contributed by atoms with E-state index in [0.29, 0.717) is 0 Å². The monoisotopic (exact) mass is 171 g/mol. The third-order valence-electron chi connectivity index (χ3n) is 1.56. The molecule has 0 saturated heterocycles. The number of aliphatic hydroxyl groups excluding tert-OH is 1. The van der Waals surface area contributed by atoms with Crippen LogP contribution in [0.5, 0.6) is 5.75 Å². The highest BCUT2D eigenvalue weighted by Crippen LogP contribution is 2.20. The minimum Gasteiger partial charge on any atom is -0.508 e. The Balaban J connectivity index is 3.04. The van der Waals surface area contributed by atoms with E-state index >= 15 is 0 Å². The number of phenols is 1. The van der Waals surface area contributed by atoms with Crippen LogP contribution in [0, 0.1) is 5.82 Å². The van der Waals surface area contributed by atoms with E-state index in [1.165, 1.54) is 6.07 Å². The third-order valence-corrected chi connectivity index (χ3v) is 1.56. The molecule has 0 heterocycles. The van der Waals surface area contributed by atoms with Gasteiger partial charge < -0.3 is 15.9 Å². The Hall–Kier alpha value is -1.13. The largest absolute Gasteiger partial charge is 0.508 e. The topological polar surface area (TPSA) is 66.5 Å². The molecule has 0 radical (unpaired) electrons. The predicted molar refractivity (Wildman–Crippen MR) is 42.1 cm³/mol. The van der Waals surface area contributed by atoms with Gasteiger partial charge in [-0.1, -0.05) is 0 Å². The van der Waals surface area contributed by atoms with E-state index in [-0.39, 0.29) is 17.9 Å². The van der Waals surface area contributed by atoms with Gasteiger partial charge >= 0.3 is 0 Å². The van der Waals surface area contributed by atoms with Crippen molar-refractivity contribution in [2.75, 3.05) is 6.54 Å². The van der Waals surface area contributed by atoms with Crippen LogP contribution >= 0.6 is 0 Å². The van der Waals surface area contributed by atoms with Crippen molar-refractivity contribution in [3.8, 4) is 5.75 Å². The van der Waals surface area contributed by atoms with E-state index in [2.05, 4.69) is 0 Å². The molecular formula is C8H10FNO2. The van der Waals surface area contributed by atoms with E-state index in [1.807, 2.05) is 0 Å². The van der Waals surface area contributed by atoms with Crippen LogP contribution in [0.25, 0.3) is 0 Å². The summed E-state index contributed by atoms with van der Waals surface area (Å²) in [6, 6.07) is 3.46. The van der Waals surface area contributed by atoms with E-state index in [4.69, 9.17) is 15.9 Å². The van der Waals surface area contributed by atoms with E-state index in [0.717, 1.165) is 12.1 Å². The van der Waals surface area contributed by atoms with Crippen molar-refractivity contribution in [1.29, 1.82) is 0 Å². The summed E-state index contributed by atoms with van der Waals surface area (Å²) >= 11 is 0. The molecular weight excluding hydrogens is 161 g/mol. The molecule has 0 saturated carbocycles. The molecule has 1 unspecified atom stereocenters. The van der Waals surface area contributed by atoms with Crippen molar-refractivity contribution in [3.63, 3.8) is 0 Å². The van der Waals surface area contributed by atoms with Gasteiger partial charge in [0.2, 0.25) is 0 Å². The van der Waals surface area contributed by atoms with Gasteiger partial charge in [0.1, 0.15) is 11.6 Å². The Bertz CT molecular complexity index is 278. The highest BCUT2D eigenvalue weighted by molar-refractivity contribution is 5.30. The zero-order chi connectivity index (χ0) is 9.14. The summed E-state index contributed by atoms with van der Waals surface area (Å²) < 4.78 is 12.9. The van der Waals surface area contributed by atoms with E-state index in [1.54, 1.807) is 0 Å². The molecule has 1 rings (SSSR count). The van der Waals surface area contributed by atoms with Gasteiger partial charge in [0, 0.05) is 12.1 Å². The van der Waals surface area contributed by atoms with Crippen molar-refractivity contribution in [3.05, 3.63) is 29.6 Å². The number of rotatable bonds is 2. The molecule has 0 aliphatic carbocycles. The summed E-state index contributed by atoms with van der Waals surface area (Å²) in [6.07, 6.45) is -1.06. The molecule has 1 atom stereocenters. The molecule has 0 fully saturated rings. The molecule has 12 heavy (non-hydrogen) atoms. The maximum atomic E-state index is 12.9. The zero-order valence-electron chi connectivity index (χ0n) is 6.37. The quantitative estimate of drug-likeness (QED) is 0.607. The van der Waals surface area contributed by atoms with Crippen LogP contribution in [0.15, 0.2) is 18.2 Å². The second-order valence-electron chi connectivity index (χ2n) is 2.46. The first-order chi connectivity index (χ1) is 5.65. The minimum atomic E-state index is -1.06. The van der Waals surface area contributed by atoms with Crippen LogP contribution in [0.4, 0.5) is 4.39 Å². The normalized spacial score (nSPS) is 12.9. The molecule has 1 aromatic rings. The molecule has 3 nitrogen and oxygen atoms in total. The average Bonchev–Trinajstić information content (AvgIpc) is 2.08. The number of benzene rings is 1. The summed E-state index contributed by atoms with van der Waals surface area (Å²) in [7, 11) is 0. The lowest BCUT2D eigenvalue weighted by Crippen LogP contribution is -2.12.